The molecule has 1 aliphatic rings. The zero-order chi connectivity index (χ0) is 14.2. The summed E-state index contributed by atoms with van der Waals surface area (Å²) in [5.41, 5.74) is 5.30. The molecule has 1 saturated heterocycles. The zero-order valence-corrected chi connectivity index (χ0v) is 11.7. The number of aliphatic carboxylic acids is 1. The van der Waals surface area contributed by atoms with Gasteiger partial charge in [-0.1, -0.05) is 13.8 Å². The van der Waals surface area contributed by atoms with Gasteiger partial charge in [-0.2, -0.15) is 0 Å². The van der Waals surface area contributed by atoms with E-state index < -0.39 is 17.4 Å². The highest BCUT2D eigenvalue weighted by atomic mass is 32.1. The average molecular weight is 283 g/mol. The third-order valence-electron chi connectivity index (χ3n) is 3.51. The molecule has 0 radical (unpaired) electrons. The summed E-state index contributed by atoms with van der Waals surface area (Å²) in [6.45, 7) is 4.19. The maximum absolute atomic E-state index is 12.4. The van der Waals surface area contributed by atoms with Gasteiger partial charge < -0.3 is 15.7 Å². The summed E-state index contributed by atoms with van der Waals surface area (Å²) in [5.74, 6) is -1.32. The molecule has 0 spiro atoms. The number of carbonyl (C=O) groups excluding carboxylic acids is 1. The smallest absolute Gasteiger partial charge is 0.326 e. The van der Waals surface area contributed by atoms with Gasteiger partial charge in [0.2, 0.25) is 0 Å². The van der Waals surface area contributed by atoms with Crippen molar-refractivity contribution in [3.05, 3.63) is 11.1 Å². The predicted molar refractivity (Wildman–Crippen MR) is 72.0 cm³/mol. The van der Waals surface area contributed by atoms with Gasteiger partial charge in [0, 0.05) is 11.9 Å². The van der Waals surface area contributed by atoms with Crippen LogP contribution in [0.1, 0.15) is 37.2 Å². The fraction of sp³-hybridized carbons (Fsp3) is 0.583. The van der Waals surface area contributed by atoms with E-state index in [1.165, 1.54) is 16.2 Å². The molecule has 1 aromatic rings. The molecule has 0 aliphatic carbocycles. The van der Waals surface area contributed by atoms with Crippen molar-refractivity contribution in [2.45, 2.75) is 32.7 Å². The van der Waals surface area contributed by atoms with Crippen LogP contribution in [0.3, 0.4) is 0 Å². The molecule has 7 heteroatoms. The van der Waals surface area contributed by atoms with Gasteiger partial charge in [-0.15, -0.1) is 11.3 Å². The van der Waals surface area contributed by atoms with Crippen LogP contribution in [0.4, 0.5) is 5.13 Å². The minimum absolute atomic E-state index is 0.228. The first-order chi connectivity index (χ1) is 8.83. The second kappa shape index (κ2) is 4.80. The first kappa shape index (κ1) is 13.8. The van der Waals surface area contributed by atoms with Crippen molar-refractivity contribution >= 4 is 28.3 Å². The van der Waals surface area contributed by atoms with Gasteiger partial charge in [0.05, 0.1) is 0 Å². The van der Waals surface area contributed by atoms with Crippen LogP contribution in [0.15, 0.2) is 5.38 Å². The van der Waals surface area contributed by atoms with Gasteiger partial charge in [0.15, 0.2) is 5.13 Å². The maximum atomic E-state index is 12.4. The van der Waals surface area contributed by atoms with Gasteiger partial charge in [-0.25, -0.2) is 9.78 Å². The molecule has 1 amide bonds. The molecule has 1 aromatic heterocycles. The molecule has 1 aliphatic heterocycles. The molecule has 0 bridgehead atoms. The Kier molecular flexibility index (Phi) is 3.49. The number of hydrogen-bond donors (Lipinski definition) is 2. The Morgan fingerprint density at radius 1 is 1.58 bits per heavy atom. The number of thiazole rings is 1. The second-order valence-electron chi connectivity index (χ2n) is 5.40. The number of likely N-dealkylation sites (tertiary alicyclic amines) is 1. The Labute approximate surface area is 115 Å². The summed E-state index contributed by atoms with van der Waals surface area (Å²) < 4.78 is 0. The molecule has 6 nitrogen and oxygen atoms in total. The number of nitrogens with zero attached hydrogens (tertiary/aromatic N) is 2. The summed E-state index contributed by atoms with van der Waals surface area (Å²) in [7, 11) is 0. The van der Waals surface area contributed by atoms with Crippen LogP contribution >= 0.6 is 11.3 Å². The minimum Gasteiger partial charge on any atom is -0.480 e. The number of nitrogens with two attached hydrogens (primary N) is 1. The number of carbonyl (C=O) groups is 2. The molecule has 2 heterocycles. The van der Waals surface area contributed by atoms with Crippen LogP contribution in [-0.4, -0.2) is 39.5 Å². The number of amides is 1. The number of nitrogen functional groups attached to an aromatic ring is 1. The largest absolute Gasteiger partial charge is 0.480 e. The Balaban J connectivity index is 2.31. The topological polar surface area (TPSA) is 96.5 Å². The van der Waals surface area contributed by atoms with Crippen LogP contribution in [0, 0.1) is 5.41 Å². The number of rotatable bonds is 2. The lowest BCUT2D eigenvalue weighted by Crippen LogP contribution is -2.56. The molecule has 104 valence electrons. The van der Waals surface area contributed by atoms with Gasteiger partial charge in [-0.3, -0.25) is 4.79 Å². The highest BCUT2D eigenvalue weighted by Gasteiger charge is 2.45. The Hall–Kier alpha value is -1.63. The summed E-state index contributed by atoms with van der Waals surface area (Å²) in [6.07, 6.45) is 1.58. The van der Waals surface area contributed by atoms with Crippen molar-refractivity contribution in [2.75, 3.05) is 12.3 Å². The number of aromatic nitrogens is 1. The number of carboxylic acids is 1. The first-order valence-corrected chi connectivity index (χ1v) is 6.95. The third kappa shape index (κ3) is 2.56. The predicted octanol–water partition coefficient (Wildman–Crippen LogP) is 1.44. The summed E-state index contributed by atoms with van der Waals surface area (Å²) in [6, 6.07) is -0.823. The van der Waals surface area contributed by atoms with Crippen LogP contribution in [0.2, 0.25) is 0 Å². The van der Waals surface area contributed by atoms with Crippen molar-refractivity contribution in [3.63, 3.8) is 0 Å². The number of anilines is 1. The Morgan fingerprint density at radius 2 is 2.26 bits per heavy atom. The van der Waals surface area contributed by atoms with Crippen molar-refractivity contribution < 1.29 is 14.7 Å². The van der Waals surface area contributed by atoms with Crippen molar-refractivity contribution in [1.82, 2.24) is 9.88 Å². The molecule has 2 rings (SSSR count). The number of piperidine rings is 1. The fourth-order valence-electron chi connectivity index (χ4n) is 2.61. The highest BCUT2D eigenvalue weighted by Crippen LogP contribution is 2.36. The van der Waals surface area contributed by atoms with E-state index in [-0.39, 0.29) is 11.6 Å². The summed E-state index contributed by atoms with van der Waals surface area (Å²) in [5, 5.41) is 11.3. The zero-order valence-electron chi connectivity index (χ0n) is 10.9. The van der Waals surface area contributed by atoms with Gasteiger partial charge in [0.25, 0.3) is 5.91 Å². The lowest BCUT2D eigenvalue weighted by Gasteiger charge is -2.43. The SMILES string of the molecule is CC1(C)CCCN(C(=O)c2csc(N)n2)C1C(=O)O. The van der Waals surface area contributed by atoms with E-state index in [9.17, 15) is 14.7 Å². The van der Waals surface area contributed by atoms with E-state index in [1.54, 1.807) is 5.38 Å². The molecular formula is C12H17N3O3S. The van der Waals surface area contributed by atoms with E-state index in [4.69, 9.17) is 5.73 Å². The quantitative estimate of drug-likeness (QED) is 0.856. The molecule has 1 fully saturated rings. The summed E-state index contributed by atoms with van der Waals surface area (Å²) in [4.78, 5) is 29.2. The number of hydrogen-bond acceptors (Lipinski definition) is 5. The fourth-order valence-corrected chi connectivity index (χ4v) is 3.15. The first-order valence-electron chi connectivity index (χ1n) is 6.08. The van der Waals surface area contributed by atoms with E-state index in [1.807, 2.05) is 13.8 Å². The lowest BCUT2D eigenvalue weighted by atomic mass is 9.76. The van der Waals surface area contributed by atoms with Gasteiger partial charge in [-0.05, 0) is 18.3 Å². The van der Waals surface area contributed by atoms with Crippen molar-refractivity contribution in [2.24, 2.45) is 5.41 Å². The molecule has 0 saturated carbocycles. The van der Waals surface area contributed by atoms with Crippen molar-refractivity contribution in [3.8, 4) is 0 Å². The van der Waals surface area contributed by atoms with Crippen molar-refractivity contribution in [1.29, 1.82) is 0 Å². The maximum Gasteiger partial charge on any atom is 0.326 e. The minimum atomic E-state index is -0.971. The normalized spacial score (nSPS) is 22.2. The third-order valence-corrected chi connectivity index (χ3v) is 4.18. The second-order valence-corrected chi connectivity index (χ2v) is 6.29. The molecule has 1 atom stereocenters. The van der Waals surface area contributed by atoms with Crippen LogP contribution in [-0.2, 0) is 4.79 Å². The molecule has 3 N–H and O–H groups in total. The highest BCUT2D eigenvalue weighted by molar-refractivity contribution is 7.13. The summed E-state index contributed by atoms with van der Waals surface area (Å²) >= 11 is 1.18. The van der Waals surface area contributed by atoms with Gasteiger partial charge >= 0.3 is 5.97 Å². The van der Waals surface area contributed by atoms with E-state index in [0.717, 1.165) is 12.8 Å². The Bertz CT molecular complexity index is 512. The van der Waals surface area contributed by atoms with E-state index in [0.29, 0.717) is 11.7 Å². The monoisotopic (exact) mass is 283 g/mol. The molecule has 1 unspecified atom stereocenters. The average Bonchev–Trinajstić information content (AvgIpc) is 2.72. The lowest BCUT2D eigenvalue weighted by molar-refractivity contribution is -0.148. The number of carboxylic acid groups (broad SMARTS) is 1. The molecule has 0 aromatic carbocycles. The van der Waals surface area contributed by atoms with Crippen LogP contribution < -0.4 is 5.73 Å². The molecule has 19 heavy (non-hydrogen) atoms. The van der Waals surface area contributed by atoms with Crippen LogP contribution in [0.5, 0.6) is 0 Å². The van der Waals surface area contributed by atoms with E-state index in [2.05, 4.69) is 4.98 Å². The standard InChI is InChI=1S/C12H17N3O3S/c1-12(2)4-3-5-15(8(12)10(17)18)9(16)7-6-19-11(13)14-7/h6,8H,3-5H2,1-2H3,(H2,13,14)(H,17,18). The van der Waals surface area contributed by atoms with Crippen LogP contribution in [0.25, 0.3) is 0 Å². The van der Waals surface area contributed by atoms with Gasteiger partial charge in [0.1, 0.15) is 11.7 Å². The molecular weight excluding hydrogens is 266 g/mol. The Morgan fingerprint density at radius 3 is 2.79 bits per heavy atom. The van der Waals surface area contributed by atoms with E-state index >= 15 is 0 Å².